The number of hydrogen-bond acceptors (Lipinski definition) is 1. The Kier molecular flexibility index (Phi) is 2.23. The van der Waals surface area contributed by atoms with Gasteiger partial charge in [-0.3, -0.25) is 5.32 Å². The van der Waals surface area contributed by atoms with E-state index in [9.17, 15) is 0 Å². The minimum atomic E-state index is 0.875. The molecule has 2 heterocycles. The highest BCUT2D eigenvalue weighted by molar-refractivity contribution is 6.36. The molecule has 1 aromatic carbocycles. The fourth-order valence-corrected chi connectivity index (χ4v) is 3.05. The molecule has 3 heteroatoms. The van der Waals surface area contributed by atoms with E-state index in [2.05, 4.69) is 29.8 Å². The van der Waals surface area contributed by atoms with Crippen LogP contribution in [0.15, 0.2) is 12.1 Å². The average molecular weight is 235 g/mol. The molecule has 84 valence electrons. The average Bonchev–Trinajstić information content (AvgIpc) is 2.60. The second kappa shape index (κ2) is 3.51. The van der Waals surface area contributed by atoms with Crippen LogP contribution in [0.3, 0.4) is 0 Å². The maximum Gasteiger partial charge on any atom is 0.0729 e. The summed E-state index contributed by atoms with van der Waals surface area (Å²) in [6, 6.07) is 4.11. The molecular weight excluding hydrogens is 220 g/mol. The smallest absolute Gasteiger partial charge is 0.0729 e. The number of benzene rings is 1. The summed E-state index contributed by atoms with van der Waals surface area (Å²) >= 11 is 6.32. The van der Waals surface area contributed by atoms with Crippen LogP contribution in [0.5, 0.6) is 0 Å². The maximum absolute atomic E-state index is 6.32. The summed E-state index contributed by atoms with van der Waals surface area (Å²) in [4.78, 5) is 0. The summed E-state index contributed by atoms with van der Waals surface area (Å²) in [5, 5.41) is 5.52. The van der Waals surface area contributed by atoms with Gasteiger partial charge in [0.15, 0.2) is 0 Å². The Bertz CT molecular complexity index is 569. The van der Waals surface area contributed by atoms with Gasteiger partial charge in [-0.2, -0.15) is 0 Å². The first kappa shape index (κ1) is 10.2. The highest BCUT2D eigenvalue weighted by Crippen LogP contribution is 2.34. The molecule has 0 saturated heterocycles. The molecule has 0 spiro atoms. The van der Waals surface area contributed by atoms with E-state index in [1.165, 1.54) is 27.7 Å². The Balaban J connectivity index is 2.48. The van der Waals surface area contributed by atoms with Crippen molar-refractivity contribution in [1.29, 1.82) is 0 Å². The molecule has 0 amide bonds. The van der Waals surface area contributed by atoms with Crippen LogP contribution in [0.25, 0.3) is 10.9 Å². The van der Waals surface area contributed by atoms with Gasteiger partial charge in [-0.05, 0) is 31.0 Å². The monoisotopic (exact) mass is 234 g/mol. The second-order valence-corrected chi connectivity index (χ2v) is 4.90. The molecule has 16 heavy (non-hydrogen) atoms. The third-order valence-electron chi connectivity index (χ3n) is 3.54. The van der Waals surface area contributed by atoms with Crippen LogP contribution in [0.1, 0.15) is 16.8 Å². The van der Waals surface area contributed by atoms with Crippen LogP contribution < -0.4 is 5.32 Å². The first-order valence-electron chi connectivity index (χ1n) is 5.67. The minimum absolute atomic E-state index is 0.875. The zero-order valence-electron chi connectivity index (χ0n) is 9.60. The SMILES string of the molecule is Cc1c2n(c3c(C)ccc(Cl)c13)CNCC2. The number of hydrogen-bond donors (Lipinski definition) is 1. The van der Waals surface area contributed by atoms with E-state index in [0.29, 0.717) is 0 Å². The van der Waals surface area contributed by atoms with Gasteiger partial charge in [0.2, 0.25) is 0 Å². The second-order valence-electron chi connectivity index (χ2n) is 4.50. The molecule has 0 aliphatic carbocycles. The molecule has 1 aliphatic heterocycles. The van der Waals surface area contributed by atoms with E-state index in [1.807, 2.05) is 6.07 Å². The molecule has 0 bridgehead atoms. The third kappa shape index (κ3) is 1.23. The molecule has 0 saturated carbocycles. The molecule has 0 atom stereocenters. The Morgan fingerprint density at radius 1 is 1.31 bits per heavy atom. The summed E-state index contributed by atoms with van der Waals surface area (Å²) in [6.07, 6.45) is 1.09. The van der Waals surface area contributed by atoms with Gasteiger partial charge in [-0.1, -0.05) is 17.7 Å². The van der Waals surface area contributed by atoms with Crippen LogP contribution in [-0.2, 0) is 13.1 Å². The van der Waals surface area contributed by atoms with Crippen molar-refractivity contribution in [3.05, 3.63) is 34.0 Å². The quantitative estimate of drug-likeness (QED) is 0.742. The van der Waals surface area contributed by atoms with Crippen molar-refractivity contribution in [3.8, 4) is 0 Å². The number of rotatable bonds is 0. The van der Waals surface area contributed by atoms with E-state index in [4.69, 9.17) is 11.6 Å². The van der Waals surface area contributed by atoms with Gasteiger partial charge >= 0.3 is 0 Å². The molecule has 2 nitrogen and oxygen atoms in total. The molecule has 1 N–H and O–H groups in total. The number of aromatic nitrogens is 1. The first-order valence-corrected chi connectivity index (χ1v) is 6.05. The minimum Gasteiger partial charge on any atom is -0.331 e. The van der Waals surface area contributed by atoms with E-state index < -0.39 is 0 Å². The van der Waals surface area contributed by atoms with Crippen LogP contribution >= 0.6 is 11.6 Å². The highest BCUT2D eigenvalue weighted by Gasteiger charge is 2.19. The van der Waals surface area contributed by atoms with Crippen LogP contribution in [-0.4, -0.2) is 11.1 Å². The molecule has 0 fully saturated rings. The van der Waals surface area contributed by atoms with E-state index in [0.717, 1.165) is 24.7 Å². The Hall–Kier alpha value is -0.990. The number of fused-ring (bicyclic) bond motifs is 3. The summed E-state index contributed by atoms with van der Waals surface area (Å²) in [6.45, 7) is 6.31. The largest absolute Gasteiger partial charge is 0.331 e. The lowest BCUT2D eigenvalue weighted by molar-refractivity contribution is 0.504. The summed E-state index contributed by atoms with van der Waals surface area (Å²) < 4.78 is 2.37. The lowest BCUT2D eigenvalue weighted by Gasteiger charge is -2.18. The van der Waals surface area contributed by atoms with Gasteiger partial charge in [0.1, 0.15) is 0 Å². The van der Waals surface area contributed by atoms with Gasteiger partial charge in [-0.15, -0.1) is 0 Å². The van der Waals surface area contributed by atoms with E-state index in [1.54, 1.807) is 0 Å². The normalized spacial score (nSPS) is 15.4. The first-order chi connectivity index (χ1) is 7.70. The van der Waals surface area contributed by atoms with Crippen molar-refractivity contribution < 1.29 is 0 Å². The Morgan fingerprint density at radius 3 is 2.94 bits per heavy atom. The topological polar surface area (TPSA) is 17.0 Å². The van der Waals surface area contributed by atoms with Crippen LogP contribution in [0, 0.1) is 13.8 Å². The lowest BCUT2D eigenvalue weighted by Crippen LogP contribution is -2.28. The summed E-state index contributed by atoms with van der Waals surface area (Å²) in [7, 11) is 0. The fourth-order valence-electron chi connectivity index (χ4n) is 2.75. The third-order valence-corrected chi connectivity index (χ3v) is 3.86. The zero-order chi connectivity index (χ0) is 11.3. The molecule has 2 aromatic rings. The van der Waals surface area contributed by atoms with Crippen molar-refractivity contribution in [2.75, 3.05) is 6.54 Å². The van der Waals surface area contributed by atoms with Gasteiger partial charge in [-0.25, -0.2) is 0 Å². The van der Waals surface area contributed by atoms with Crippen molar-refractivity contribution in [3.63, 3.8) is 0 Å². The maximum atomic E-state index is 6.32. The number of aryl methyl sites for hydroxylation is 2. The zero-order valence-corrected chi connectivity index (χ0v) is 10.4. The molecule has 1 aliphatic rings. The van der Waals surface area contributed by atoms with Crippen LogP contribution in [0.2, 0.25) is 5.02 Å². The predicted molar refractivity (Wildman–Crippen MR) is 68.1 cm³/mol. The molecule has 3 rings (SSSR count). The molecule has 0 radical (unpaired) electrons. The van der Waals surface area contributed by atoms with Crippen molar-refractivity contribution in [2.24, 2.45) is 0 Å². The van der Waals surface area contributed by atoms with E-state index >= 15 is 0 Å². The van der Waals surface area contributed by atoms with Crippen molar-refractivity contribution in [2.45, 2.75) is 26.9 Å². The predicted octanol–water partition coefficient (Wildman–Crippen LogP) is 3.01. The number of nitrogens with one attached hydrogen (secondary N) is 1. The standard InChI is InChI=1S/C13H15ClN2/c1-8-3-4-10(14)12-9(2)11-5-6-15-7-16(11)13(8)12/h3-4,15H,5-7H2,1-2H3. The summed E-state index contributed by atoms with van der Waals surface area (Å²) in [5.74, 6) is 0. The molecule has 1 aromatic heterocycles. The van der Waals surface area contributed by atoms with Gasteiger partial charge < -0.3 is 4.57 Å². The lowest BCUT2D eigenvalue weighted by atomic mass is 10.1. The van der Waals surface area contributed by atoms with E-state index in [-0.39, 0.29) is 0 Å². The number of nitrogens with zero attached hydrogens (tertiary/aromatic N) is 1. The summed E-state index contributed by atoms with van der Waals surface area (Å²) in [5.41, 5.74) is 5.39. The Morgan fingerprint density at radius 2 is 2.12 bits per heavy atom. The number of halogens is 1. The van der Waals surface area contributed by atoms with Gasteiger partial charge in [0.05, 0.1) is 17.2 Å². The fraction of sp³-hybridized carbons (Fsp3) is 0.385. The molecule has 0 unspecified atom stereocenters. The van der Waals surface area contributed by atoms with Gasteiger partial charge in [0, 0.05) is 24.0 Å². The van der Waals surface area contributed by atoms with Crippen LogP contribution in [0.4, 0.5) is 0 Å². The highest BCUT2D eigenvalue weighted by atomic mass is 35.5. The van der Waals surface area contributed by atoms with Crippen molar-refractivity contribution in [1.82, 2.24) is 9.88 Å². The van der Waals surface area contributed by atoms with Crippen molar-refractivity contribution >= 4 is 22.5 Å². The molecular formula is C13H15ClN2. The Labute approximate surface area is 100 Å². The van der Waals surface area contributed by atoms with Gasteiger partial charge in [0.25, 0.3) is 0 Å².